The number of aromatic nitrogens is 1. The summed E-state index contributed by atoms with van der Waals surface area (Å²) in [7, 11) is 1.36. The maximum absolute atomic E-state index is 11.4. The minimum absolute atomic E-state index is 0.356. The molecule has 84 valence electrons. The molecule has 4 nitrogen and oxygen atoms in total. The van der Waals surface area contributed by atoms with Crippen LogP contribution >= 0.6 is 11.3 Å². The van der Waals surface area contributed by atoms with E-state index in [1.54, 1.807) is 13.2 Å². The van der Waals surface area contributed by atoms with Gasteiger partial charge in [-0.2, -0.15) is 0 Å². The zero-order valence-electron chi connectivity index (χ0n) is 9.23. The van der Waals surface area contributed by atoms with Crippen molar-refractivity contribution in [2.45, 2.75) is 13.8 Å². The van der Waals surface area contributed by atoms with Gasteiger partial charge in [0.15, 0.2) is 10.8 Å². The van der Waals surface area contributed by atoms with Gasteiger partial charge >= 0.3 is 5.97 Å². The molecule has 0 bridgehead atoms. The van der Waals surface area contributed by atoms with Gasteiger partial charge in [0, 0.05) is 0 Å². The van der Waals surface area contributed by atoms with Gasteiger partial charge in [-0.15, -0.1) is 11.3 Å². The summed E-state index contributed by atoms with van der Waals surface area (Å²) in [6, 6.07) is 1.86. The Morgan fingerprint density at radius 3 is 2.81 bits per heavy atom. The number of ether oxygens (including phenoxy) is 1. The van der Waals surface area contributed by atoms with Crippen molar-refractivity contribution in [2.75, 3.05) is 7.11 Å². The van der Waals surface area contributed by atoms with E-state index in [1.807, 2.05) is 13.0 Å². The Balaban J connectivity index is 2.46. The van der Waals surface area contributed by atoms with Crippen molar-refractivity contribution >= 4 is 17.3 Å². The Morgan fingerprint density at radius 2 is 2.25 bits per heavy atom. The third-order valence-corrected chi connectivity index (χ3v) is 3.36. The van der Waals surface area contributed by atoms with Gasteiger partial charge in [-0.1, -0.05) is 0 Å². The number of rotatable bonds is 2. The molecule has 0 atom stereocenters. The minimum atomic E-state index is -0.356. The quantitative estimate of drug-likeness (QED) is 0.754. The lowest BCUT2D eigenvalue weighted by Gasteiger charge is -1.93. The van der Waals surface area contributed by atoms with Crippen molar-refractivity contribution in [2.24, 2.45) is 0 Å². The summed E-state index contributed by atoms with van der Waals surface area (Å²) in [5, 5.41) is 0.709. The summed E-state index contributed by atoms with van der Waals surface area (Å²) in [6.07, 6.45) is 1.61. The van der Waals surface area contributed by atoms with Gasteiger partial charge in [0.25, 0.3) is 0 Å². The average Bonchev–Trinajstić information content (AvgIpc) is 2.83. The monoisotopic (exact) mass is 237 g/mol. The predicted molar refractivity (Wildman–Crippen MR) is 60.6 cm³/mol. The van der Waals surface area contributed by atoms with E-state index in [1.165, 1.54) is 18.4 Å². The molecule has 0 saturated carbocycles. The number of hydrogen-bond acceptors (Lipinski definition) is 5. The number of nitrogens with zero attached hydrogens (tertiary/aromatic N) is 1. The van der Waals surface area contributed by atoms with E-state index >= 15 is 0 Å². The van der Waals surface area contributed by atoms with Crippen LogP contribution in [-0.4, -0.2) is 18.1 Å². The van der Waals surface area contributed by atoms with Crippen LogP contribution in [0, 0.1) is 13.8 Å². The highest BCUT2D eigenvalue weighted by Crippen LogP contribution is 2.30. The van der Waals surface area contributed by atoms with Crippen LogP contribution in [0.15, 0.2) is 16.7 Å². The van der Waals surface area contributed by atoms with Crippen molar-refractivity contribution in [3.63, 3.8) is 0 Å². The van der Waals surface area contributed by atoms with E-state index in [4.69, 9.17) is 4.42 Å². The molecule has 5 heteroatoms. The van der Waals surface area contributed by atoms with Gasteiger partial charge in [-0.25, -0.2) is 9.78 Å². The lowest BCUT2D eigenvalue weighted by atomic mass is 10.3. The number of hydrogen-bond donors (Lipinski definition) is 0. The summed E-state index contributed by atoms with van der Waals surface area (Å²) in [5.74, 6) is 0.355. The van der Waals surface area contributed by atoms with Crippen LogP contribution in [0.5, 0.6) is 0 Å². The molecule has 0 unspecified atom stereocenters. The molecule has 2 rings (SSSR count). The molecule has 2 aromatic rings. The van der Waals surface area contributed by atoms with E-state index in [-0.39, 0.29) is 5.97 Å². The van der Waals surface area contributed by atoms with Crippen molar-refractivity contribution in [3.8, 4) is 10.8 Å². The van der Waals surface area contributed by atoms with Crippen molar-refractivity contribution < 1.29 is 13.9 Å². The van der Waals surface area contributed by atoms with Crippen LogP contribution in [0.1, 0.15) is 20.9 Å². The molecule has 0 aliphatic heterocycles. The fraction of sp³-hybridized carbons (Fsp3) is 0.273. The van der Waals surface area contributed by atoms with E-state index in [0.717, 1.165) is 5.56 Å². The zero-order valence-corrected chi connectivity index (χ0v) is 10.1. The molecular weight excluding hydrogens is 226 g/mol. The molecule has 16 heavy (non-hydrogen) atoms. The van der Waals surface area contributed by atoms with Crippen molar-refractivity contribution in [1.29, 1.82) is 0 Å². The summed E-state index contributed by atoms with van der Waals surface area (Å²) in [5.41, 5.74) is 1.67. The number of carbonyl (C=O) groups excluding carboxylic acids is 1. The van der Waals surface area contributed by atoms with E-state index in [2.05, 4.69) is 9.72 Å². The third-order valence-electron chi connectivity index (χ3n) is 2.22. The second-order valence-electron chi connectivity index (χ2n) is 3.36. The first-order valence-electron chi connectivity index (χ1n) is 4.73. The van der Waals surface area contributed by atoms with Crippen LogP contribution in [0.3, 0.4) is 0 Å². The summed E-state index contributed by atoms with van der Waals surface area (Å²) in [4.78, 5) is 16.2. The Hall–Kier alpha value is -1.62. The number of aryl methyl sites for hydroxylation is 2. The third kappa shape index (κ3) is 1.74. The second-order valence-corrected chi connectivity index (χ2v) is 4.36. The van der Waals surface area contributed by atoms with Crippen molar-refractivity contribution in [3.05, 3.63) is 28.5 Å². The second kappa shape index (κ2) is 4.09. The smallest absolute Gasteiger partial charge is 0.349 e. The molecule has 0 radical (unpaired) electrons. The molecule has 0 amide bonds. The first-order chi connectivity index (χ1) is 7.63. The highest BCUT2D eigenvalue weighted by atomic mass is 32.1. The fourth-order valence-electron chi connectivity index (χ4n) is 1.37. The number of carbonyl (C=O) groups is 1. The van der Waals surface area contributed by atoms with Crippen LogP contribution in [0.2, 0.25) is 0 Å². The predicted octanol–water partition coefficient (Wildman–Crippen LogP) is 2.81. The van der Waals surface area contributed by atoms with E-state index < -0.39 is 0 Å². The number of furan rings is 1. The van der Waals surface area contributed by atoms with Gasteiger partial charge in [0.2, 0.25) is 0 Å². The molecule has 0 N–H and O–H groups in total. The van der Waals surface area contributed by atoms with Crippen molar-refractivity contribution in [1.82, 2.24) is 4.98 Å². The molecule has 0 aliphatic rings. The summed E-state index contributed by atoms with van der Waals surface area (Å²) < 4.78 is 10.0. The first-order valence-corrected chi connectivity index (χ1v) is 5.55. The average molecular weight is 237 g/mol. The normalized spacial score (nSPS) is 10.4. The number of thiazole rings is 1. The van der Waals surface area contributed by atoms with Crippen LogP contribution in [0.25, 0.3) is 10.8 Å². The van der Waals surface area contributed by atoms with Gasteiger partial charge < -0.3 is 9.15 Å². The van der Waals surface area contributed by atoms with E-state index in [9.17, 15) is 4.79 Å². The minimum Gasteiger partial charge on any atom is -0.465 e. The van der Waals surface area contributed by atoms with E-state index in [0.29, 0.717) is 21.3 Å². The topological polar surface area (TPSA) is 52.3 Å². The summed E-state index contributed by atoms with van der Waals surface area (Å²) >= 11 is 1.28. The molecule has 0 spiro atoms. The van der Waals surface area contributed by atoms with Gasteiger partial charge in [0.05, 0.1) is 19.1 Å². The highest BCUT2D eigenvalue weighted by molar-refractivity contribution is 7.17. The molecule has 2 heterocycles. The van der Waals surface area contributed by atoms with Crippen LogP contribution in [-0.2, 0) is 4.74 Å². The molecule has 0 fully saturated rings. The van der Waals surface area contributed by atoms with Crippen LogP contribution in [0.4, 0.5) is 0 Å². The lowest BCUT2D eigenvalue weighted by molar-refractivity contribution is 0.0605. The molecule has 0 aromatic carbocycles. The lowest BCUT2D eigenvalue weighted by Crippen LogP contribution is -1.99. The van der Waals surface area contributed by atoms with Gasteiger partial charge in [-0.3, -0.25) is 0 Å². The highest BCUT2D eigenvalue weighted by Gasteiger charge is 2.18. The SMILES string of the molecule is COC(=O)c1sc(-c2occc2C)nc1C. The molecule has 0 saturated heterocycles. The maximum atomic E-state index is 11.4. The molecular formula is C11H11NO3S. The van der Waals surface area contributed by atoms with Gasteiger partial charge in [-0.05, 0) is 25.5 Å². The Kier molecular flexibility index (Phi) is 2.78. The first kappa shape index (κ1) is 10.9. The maximum Gasteiger partial charge on any atom is 0.349 e. The van der Waals surface area contributed by atoms with Gasteiger partial charge in [0.1, 0.15) is 4.88 Å². The largest absolute Gasteiger partial charge is 0.465 e. The zero-order chi connectivity index (χ0) is 11.7. The Morgan fingerprint density at radius 1 is 1.50 bits per heavy atom. The molecule has 0 aliphatic carbocycles. The molecule has 2 aromatic heterocycles. The Labute approximate surface area is 96.9 Å². The number of methoxy groups -OCH3 is 1. The fourth-order valence-corrected chi connectivity index (χ4v) is 2.41. The standard InChI is InChI=1S/C11H11NO3S/c1-6-4-5-15-8(6)10-12-7(2)9(16-10)11(13)14-3/h4-5H,1-3H3. The number of esters is 1. The Bertz CT molecular complexity index is 527. The van der Waals surface area contributed by atoms with Crippen LogP contribution < -0.4 is 0 Å². The summed E-state index contributed by atoms with van der Waals surface area (Å²) in [6.45, 7) is 3.72.